The fourth-order valence-corrected chi connectivity index (χ4v) is 2.41. The molecule has 0 amide bonds. The van der Waals surface area contributed by atoms with Crippen LogP contribution in [0.1, 0.15) is 26.8 Å². The summed E-state index contributed by atoms with van der Waals surface area (Å²) in [6.45, 7) is 3.62. The molecule has 0 N–H and O–H groups in total. The molecule has 0 aliphatic heterocycles. The van der Waals surface area contributed by atoms with Crippen molar-refractivity contribution in [1.82, 2.24) is 0 Å². The van der Waals surface area contributed by atoms with Gasteiger partial charge in [-0.15, -0.1) is 11.3 Å². The van der Waals surface area contributed by atoms with Crippen LogP contribution in [-0.4, -0.2) is 12.9 Å². The molecule has 2 aromatic rings. The fourth-order valence-electron chi connectivity index (χ4n) is 1.60. The second kappa shape index (κ2) is 4.14. The van der Waals surface area contributed by atoms with Crippen molar-refractivity contribution in [2.75, 3.05) is 7.11 Å². The third-order valence-electron chi connectivity index (χ3n) is 2.34. The number of carbonyl (C=O) groups is 1. The van der Waals surface area contributed by atoms with Crippen LogP contribution in [0.25, 0.3) is 0 Å². The molecule has 84 valence electrons. The molecule has 0 spiro atoms. The summed E-state index contributed by atoms with van der Waals surface area (Å²) in [5.74, 6) is 1.98. The number of hydrogen-bond donors (Lipinski definition) is 0. The lowest BCUT2D eigenvalue weighted by molar-refractivity contribution is 0.103. The predicted octanol–water partition coefficient (Wildman–Crippen LogP) is 3.20. The van der Waals surface area contributed by atoms with Crippen LogP contribution in [0.5, 0.6) is 5.75 Å². The SMILES string of the molecule is COc1ccsc1C(=O)c1cc(C)oc1C. The van der Waals surface area contributed by atoms with E-state index in [1.54, 1.807) is 26.2 Å². The first kappa shape index (κ1) is 11.0. The van der Waals surface area contributed by atoms with Gasteiger partial charge in [0.25, 0.3) is 0 Å². The number of hydrogen-bond acceptors (Lipinski definition) is 4. The van der Waals surface area contributed by atoms with Crippen LogP contribution in [-0.2, 0) is 0 Å². The van der Waals surface area contributed by atoms with Crippen LogP contribution < -0.4 is 4.74 Å². The molecule has 0 atom stereocenters. The molecule has 3 nitrogen and oxygen atoms in total. The summed E-state index contributed by atoms with van der Waals surface area (Å²) in [5, 5.41) is 1.84. The van der Waals surface area contributed by atoms with E-state index in [0.29, 0.717) is 22.0 Å². The van der Waals surface area contributed by atoms with E-state index >= 15 is 0 Å². The van der Waals surface area contributed by atoms with Crippen molar-refractivity contribution in [3.05, 3.63) is 39.5 Å². The van der Waals surface area contributed by atoms with Gasteiger partial charge in [0.2, 0.25) is 5.78 Å². The zero-order valence-corrected chi connectivity index (χ0v) is 10.2. The van der Waals surface area contributed by atoms with Crippen molar-refractivity contribution < 1.29 is 13.9 Å². The number of ether oxygens (including phenoxy) is 1. The van der Waals surface area contributed by atoms with Gasteiger partial charge in [-0.1, -0.05) is 0 Å². The number of methoxy groups -OCH3 is 1. The number of thiophene rings is 1. The minimum atomic E-state index is -0.0406. The van der Waals surface area contributed by atoms with Crippen LogP contribution in [0, 0.1) is 13.8 Å². The Balaban J connectivity index is 2.43. The van der Waals surface area contributed by atoms with Crippen LogP contribution in [0.3, 0.4) is 0 Å². The Morgan fingerprint density at radius 1 is 1.44 bits per heavy atom. The minimum Gasteiger partial charge on any atom is -0.495 e. The molecule has 0 bridgehead atoms. The third-order valence-corrected chi connectivity index (χ3v) is 3.24. The zero-order chi connectivity index (χ0) is 11.7. The second-order valence-electron chi connectivity index (χ2n) is 3.47. The molecule has 2 aromatic heterocycles. The molecule has 4 heteroatoms. The molecule has 2 heterocycles. The normalized spacial score (nSPS) is 10.4. The lowest BCUT2D eigenvalue weighted by atomic mass is 10.1. The summed E-state index contributed by atoms with van der Waals surface area (Å²) < 4.78 is 10.5. The number of aryl methyl sites for hydroxylation is 2. The first-order valence-electron chi connectivity index (χ1n) is 4.86. The Labute approximate surface area is 97.7 Å². The fraction of sp³-hybridized carbons (Fsp3) is 0.250. The molecule has 0 radical (unpaired) electrons. The highest BCUT2D eigenvalue weighted by Crippen LogP contribution is 2.28. The topological polar surface area (TPSA) is 39.4 Å². The minimum absolute atomic E-state index is 0.0406. The molecular formula is C12H12O3S. The van der Waals surface area contributed by atoms with E-state index in [2.05, 4.69) is 0 Å². The number of ketones is 1. The molecule has 16 heavy (non-hydrogen) atoms. The van der Waals surface area contributed by atoms with Gasteiger partial charge in [-0.2, -0.15) is 0 Å². The van der Waals surface area contributed by atoms with Gasteiger partial charge in [0, 0.05) is 0 Å². The smallest absolute Gasteiger partial charge is 0.210 e. The number of rotatable bonds is 3. The summed E-state index contributed by atoms with van der Waals surface area (Å²) in [5.41, 5.74) is 0.609. The maximum absolute atomic E-state index is 12.2. The monoisotopic (exact) mass is 236 g/mol. The molecule has 0 unspecified atom stereocenters. The van der Waals surface area contributed by atoms with E-state index in [9.17, 15) is 4.79 Å². The summed E-state index contributed by atoms with van der Waals surface area (Å²) in [4.78, 5) is 12.8. The highest BCUT2D eigenvalue weighted by atomic mass is 32.1. The Morgan fingerprint density at radius 2 is 2.19 bits per heavy atom. The Kier molecular flexibility index (Phi) is 2.83. The molecule has 2 rings (SSSR count). The van der Waals surface area contributed by atoms with Crippen molar-refractivity contribution >= 4 is 17.1 Å². The third kappa shape index (κ3) is 1.76. The van der Waals surface area contributed by atoms with Gasteiger partial charge < -0.3 is 9.15 Å². The van der Waals surface area contributed by atoms with Gasteiger partial charge in [0.15, 0.2) is 0 Å². The largest absolute Gasteiger partial charge is 0.495 e. The van der Waals surface area contributed by atoms with Gasteiger partial charge in [-0.3, -0.25) is 4.79 Å². The van der Waals surface area contributed by atoms with Crippen molar-refractivity contribution in [2.45, 2.75) is 13.8 Å². The molecule has 0 saturated heterocycles. The Hall–Kier alpha value is -1.55. The van der Waals surface area contributed by atoms with Crippen molar-refractivity contribution in [3.8, 4) is 5.75 Å². The number of furan rings is 1. The highest BCUT2D eigenvalue weighted by Gasteiger charge is 2.20. The van der Waals surface area contributed by atoms with Crippen molar-refractivity contribution in [1.29, 1.82) is 0 Å². The van der Waals surface area contributed by atoms with Crippen LogP contribution in [0.15, 0.2) is 21.9 Å². The summed E-state index contributed by atoms with van der Waals surface area (Å²) in [6, 6.07) is 3.55. The van der Waals surface area contributed by atoms with Crippen LogP contribution >= 0.6 is 11.3 Å². The lowest BCUT2D eigenvalue weighted by Crippen LogP contribution is -2.00. The molecule has 0 saturated carbocycles. The maximum atomic E-state index is 12.2. The first-order chi connectivity index (χ1) is 7.63. The Morgan fingerprint density at radius 3 is 2.75 bits per heavy atom. The van der Waals surface area contributed by atoms with Crippen molar-refractivity contribution in [3.63, 3.8) is 0 Å². The molecule has 0 aliphatic carbocycles. The maximum Gasteiger partial charge on any atom is 0.210 e. The van der Waals surface area contributed by atoms with Crippen molar-refractivity contribution in [2.24, 2.45) is 0 Å². The van der Waals surface area contributed by atoms with E-state index in [1.165, 1.54) is 11.3 Å². The lowest BCUT2D eigenvalue weighted by Gasteiger charge is -2.00. The van der Waals surface area contributed by atoms with E-state index in [4.69, 9.17) is 9.15 Å². The van der Waals surface area contributed by atoms with E-state index in [-0.39, 0.29) is 5.78 Å². The Bertz CT molecular complexity index is 522. The van der Waals surface area contributed by atoms with Gasteiger partial charge in [-0.05, 0) is 31.4 Å². The van der Waals surface area contributed by atoms with Gasteiger partial charge in [-0.25, -0.2) is 0 Å². The van der Waals surface area contributed by atoms with E-state index < -0.39 is 0 Å². The summed E-state index contributed by atoms with van der Waals surface area (Å²) in [6.07, 6.45) is 0. The molecular weight excluding hydrogens is 224 g/mol. The first-order valence-corrected chi connectivity index (χ1v) is 5.74. The van der Waals surface area contributed by atoms with Crippen LogP contribution in [0.2, 0.25) is 0 Å². The molecule has 0 aliphatic rings. The van der Waals surface area contributed by atoms with Gasteiger partial charge in [0.1, 0.15) is 22.1 Å². The summed E-state index contributed by atoms with van der Waals surface area (Å²) in [7, 11) is 1.56. The van der Waals surface area contributed by atoms with Gasteiger partial charge >= 0.3 is 0 Å². The van der Waals surface area contributed by atoms with Crippen LogP contribution in [0.4, 0.5) is 0 Å². The summed E-state index contributed by atoms with van der Waals surface area (Å²) >= 11 is 1.38. The van der Waals surface area contributed by atoms with E-state index in [0.717, 1.165) is 5.76 Å². The average molecular weight is 236 g/mol. The number of carbonyl (C=O) groups excluding carboxylic acids is 1. The predicted molar refractivity (Wildman–Crippen MR) is 62.5 cm³/mol. The standard InChI is InChI=1S/C12H12O3S/c1-7-6-9(8(2)15-7)11(13)12-10(14-3)4-5-16-12/h4-6H,1-3H3. The average Bonchev–Trinajstić information content (AvgIpc) is 2.83. The zero-order valence-electron chi connectivity index (χ0n) is 9.37. The molecule has 0 aromatic carbocycles. The second-order valence-corrected chi connectivity index (χ2v) is 4.39. The van der Waals surface area contributed by atoms with Gasteiger partial charge in [0.05, 0.1) is 12.7 Å². The van der Waals surface area contributed by atoms with E-state index in [1.807, 2.05) is 12.3 Å². The molecule has 0 fully saturated rings. The quantitative estimate of drug-likeness (QED) is 0.768. The highest BCUT2D eigenvalue weighted by molar-refractivity contribution is 7.12.